The monoisotopic (exact) mass is 298 g/mol. The van der Waals surface area contributed by atoms with Gasteiger partial charge in [-0.15, -0.1) is 0 Å². The standard InChI is InChI=1S/C11H8BrClN2O/c12-10-5-8(14)6-15-11(10)16-9-3-1-2-7(13)4-9/h1-6H,14H2. The maximum atomic E-state index is 5.84. The van der Waals surface area contributed by atoms with Crippen LogP contribution in [0.1, 0.15) is 0 Å². The second kappa shape index (κ2) is 4.72. The molecule has 2 N–H and O–H groups in total. The van der Waals surface area contributed by atoms with E-state index in [-0.39, 0.29) is 0 Å². The summed E-state index contributed by atoms with van der Waals surface area (Å²) in [7, 11) is 0. The second-order valence-electron chi connectivity index (χ2n) is 3.12. The van der Waals surface area contributed by atoms with Crippen molar-refractivity contribution >= 4 is 33.2 Å². The second-order valence-corrected chi connectivity index (χ2v) is 4.41. The highest BCUT2D eigenvalue weighted by atomic mass is 79.9. The first-order valence-electron chi connectivity index (χ1n) is 4.49. The van der Waals surface area contributed by atoms with Gasteiger partial charge < -0.3 is 10.5 Å². The zero-order valence-electron chi connectivity index (χ0n) is 8.15. The van der Waals surface area contributed by atoms with Crippen molar-refractivity contribution in [1.29, 1.82) is 0 Å². The molecule has 1 aromatic carbocycles. The van der Waals surface area contributed by atoms with Gasteiger partial charge in [0.1, 0.15) is 5.75 Å². The van der Waals surface area contributed by atoms with E-state index < -0.39 is 0 Å². The van der Waals surface area contributed by atoms with Crippen molar-refractivity contribution in [3.05, 3.63) is 46.0 Å². The third kappa shape index (κ3) is 2.65. The first-order valence-corrected chi connectivity index (χ1v) is 5.67. The highest BCUT2D eigenvalue weighted by Gasteiger charge is 2.04. The SMILES string of the molecule is Nc1cnc(Oc2cccc(Cl)c2)c(Br)c1. The molecule has 0 aliphatic rings. The predicted octanol–water partition coefficient (Wildman–Crippen LogP) is 3.87. The van der Waals surface area contributed by atoms with Gasteiger partial charge in [0.25, 0.3) is 0 Å². The summed E-state index contributed by atoms with van der Waals surface area (Å²) >= 11 is 9.17. The number of pyridine rings is 1. The number of hydrogen-bond acceptors (Lipinski definition) is 3. The summed E-state index contributed by atoms with van der Waals surface area (Å²) in [5, 5.41) is 0.615. The molecule has 0 spiro atoms. The average molecular weight is 300 g/mol. The zero-order valence-corrected chi connectivity index (χ0v) is 10.5. The van der Waals surface area contributed by atoms with Crippen molar-refractivity contribution in [3.63, 3.8) is 0 Å². The number of hydrogen-bond donors (Lipinski definition) is 1. The number of ether oxygens (including phenoxy) is 1. The number of nitrogens with zero attached hydrogens (tertiary/aromatic N) is 1. The summed E-state index contributed by atoms with van der Waals surface area (Å²) in [4.78, 5) is 4.07. The van der Waals surface area contributed by atoms with Crippen LogP contribution in [0.4, 0.5) is 5.69 Å². The molecule has 0 aliphatic heterocycles. The molecule has 0 saturated heterocycles. The molecule has 0 fully saturated rings. The normalized spacial score (nSPS) is 10.1. The lowest BCUT2D eigenvalue weighted by Crippen LogP contribution is -1.92. The quantitative estimate of drug-likeness (QED) is 0.915. The molecule has 0 aliphatic carbocycles. The van der Waals surface area contributed by atoms with E-state index >= 15 is 0 Å². The minimum Gasteiger partial charge on any atom is -0.438 e. The minimum absolute atomic E-state index is 0.455. The van der Waals surface area contributed by atoms with Crippen LogP contribution in [0.3, 0.4) is 0 Å². The van der Waals surface area contributed by atoms with Crippen molar-refractivity contribution in [2.45, 2.75) is 0 Å². The maximum Gasteiger partial charge on any atom is 0.233 e. The third-order valence-electron chi connectivity index (χ3n) is 1.84. The molecule has 2 aromatic rings. The maximum absolute atomic E-state index is 5.84. The Kier molecular flexibility index (Phi) is 3.31. The number of nitrogens with two attached hydrogens (primary N) is 1. The Morgan fingerprint density at radius 2 is 2.12 bits per heavy atom. The van der Waals surface area contributed by atoms with Gasteiger partial charge in [-0.3, -0.25) is 0 Å². The molecule has 0 atom stereocenters. The lowest BCUT2D eigenvalue weighted by molar-refractivity contribution is 0.460. The molecule has 82 valence electrons. The minimum atomic E-state index is 0.455. The Bertz CT molecular complexity index is 519. The van der Waals surface area contributed by atoms with E-state index in [0.29, 0.717) is 26.8 Å². The highest BCUT2D eigenvalue weighted by molar-refractivity contribution is 9.10. The molecule has 5 heteroatoms. The molecule has 1 heterocycles. The highest BCUT2D eigenvalue weighted by Crippen LogP contribution is 2.29. The van der Waals surface area contributed by atoms with Gasteiger partial charge in [-0.25, -0.2) is 4.98 Å². The summed E-state index contributed by atoms with van der Waals surface area (Å²) in [6, 6.07) is 8.83. The van der Waals surface area contributed by atoms with Gasteiger partial charge in [-0.2, -0.15) is 0 Å². The Balaban J connectivity index is 2.27. The van der Waals surface area contributed by atoms with Crippen LogP contribution in [0.25, 0.3) is 0 Å². The Morgan fingerprint density at radius 3 is 2.81 bits per heavy atom. The lowest BCUT2D eigenvalue weighted by atomic mass is 10.3. The van der Waals surface area contributed by atoms with Crippen LogP contribution in [-0.4, -0.2) is 4.98 Å². The number of halogens is 2. The molecule has 1 aromatic heterocycles. The largest absolute Gasteiger partial charge is 0.438 e. The van der Waals surface area contributed by atoms with E-state index in [2.05, 4.69) is 20.9 Å². The summed E-state index contributed by atoms with van der Waals surface area (Å²) in [6.45, 7) is 0. The molecular weight excluding hydrogens is 291 g/mol. The fourth-order valence-electron chi connectivity index (χ4n) is 1.16. The van der Waals surface area contributed by atoms with Crippen LogP contribution < -0.4 is 10.5 Å². The van der Waals surface area contributed by atoms with E-state index in [1.165, 1.54) is 6.20 Å². The smallest absolute Gasteiger partial charge is 0.233 e. The van der Waals surface area contributed by atoms with E-state index in [1.807, 2.05) is 6.07 Å². The number of aromatic nitrogens is 1. The topological polar surface area (TPSA) is 48.1 Å². The summed E-state index contributed by atoms with van der Waals surface area (Å²) in [5.74, 6) is 1.09. The summed E-state index contributed by atoms with van der Waals surface area (Å²) < 4.78 is 6.25. The van der Waals surface area contributed by atoms with Gasteiger partial charge in [0.05, 0.1) is 16.4 Å². The van der Waals surface area contributed by atoms with Crippen molar-refractivity contribution < 1.29 is 4.74 Å². The van der Waals surface area contributed by atoms with Crippen molar-refractivity contribution in [1.82, 2.24) is 4.98 Å². The zero-order chi connectivity index (χ0) is 11.5. The molecule has 0 unspecified atom stereocenters. The molecule has 2 rings (SSSR count). The van der Waals surface area contributed by atoms with Gasteiger partial charge >= 0.3 is 0 Å². The average Bonchev–Trinajstić information content (AvgIpc) is 2.22. The van der Waals surface area contributed by atoms with Gasteiger partial charge in [0.15, 0.2) is 0 Å². The van der Waals surface area contributed by atoms with Gasteiger partial charge in [0.2, 0.25) is 5.88 Å². The number of benzene rings is 1. The molecule has 0 radical (unpaired) electrons. The van der Waals surface area contributed by atoms with Crippen LogP contribution in [0.5, 0.6) is 11.6 Å². The summed E-state index contributed by atoms with van der Waals surface area (Å²) in [5.41, 5.74) is 6.15. The molecule has 3 nitrogen and oxygen atoms in total. The number of rotatable bonds is 2. The predicted molar refractivity (Wildman–Crippen MR) is 67.9 cm³/mol. The molecule has 0 saturated carbocycles. The third-order valence-corrected chi connectivity index (χ3v) is 2.64. The van der Waals surface area contributed by atoms with E-state index in [4.69, 9.17) is 22.1 Å². The Labute approximate surface area is 106 Å². The van der Waals surface area contributed by atoms with Crippen molar-refractivity contribution in [2.75, 3.05) is 5.73 Å². The van der Waals surface area contributed by atoms with Crippen LogP contribution in [0, 0.1) is 0 Å². The van der Waals surface area contributed by atoms with Crippen molar-refractivity contribution in [3.8, 4) is 11.6 Å². The molecule has 0 amide bonds. The number of nitrogen functional groups attached to an aromatic ring is 1. The Morgan fingerprint density at radius 1 is 1.31 bits per heavy atom. The molecule has 0 bridgehead atoms. The first kappa shape index (κ1) is 11.2. The van der Waals surface area contributed by atoms with Crippen LogP contribution in [0.15, 0.2) is 41.0 Å². The lowest BCUT2D eigenvalue weighted by Gasteiger charge is -2.06. The van der Waals surface area contributed by atoms with E-state index in [9.17, 15) is 0 Å². The fraction of sp³-hybridized carbons (Fsp3) is 0. The Hall–Kier alpha value is -1.26. The van der Waals surface area contributed by atoms with Crippen LogP contribution >= 0.6 is 27.5 Å². The first-order chi connectivity index (χ1) is 7.65. The molecule has 16 heavy (non-hydrogen) atoms. The fourth-order valence-corrected chi connectivity index (χ4v) is 1.79. The van der Waals surface area contributed by atoms with Gasteiger partial charge in [-0.1, -0.05) is 17.7 Å². The van der Waals surface area contributed by atoms with Gasteiger partial charge in [-0.05, 0) is 40.2 Å². The van der Waals surface area contributed by atoms with E-state index in [0.717, 1.165) is 0 Å². The van der Waals surface area contributed by atoms with Crippen LogP contribution in [0.2, 0.25) is 5.02 Å². The summed E-state index contributed by atoms with van der Waals surface area (Å²) in [6.07, 6.45) is 1.53. The molecular formula is C11H8BrClN2O. The van der Waals surface area contributed by atoms with Gasteiger partial charge in [0, 0.05) is 5.02 Å². The van der Waals surface area contributed by atoms with Crippen molar-refractivity contribution in [2.24, 2.45) is 0 Å². The van der Waals surface area contributed by atoms with Crippen LogP contribution in [-0.2, 0) is 0 Å². The van der Waals surface area contributed by atoms with E-state index in [1.54, 1.807) is 24.3 Å². The number of anilines is 1.